The molecular formula is C9H13Cl3N6. The Kier molecular flexibility index (Phi) is 5.40. The maximum atomic E-state index is 6.06. The van der Waals surface area contributed by atoms with Crippen LogP contribution >= 0.6 is 36.4 Å². The maximum Gasteiger partial charge on any atom is 0.187 e. The van der Waals surface area contributed by atoms with Gasteiger partial charge in [0.15, 0.2) is 5.65 Å². The Balaban J connectivity index is 0.000000810. The first kappa shape index (κ1) is 15.2. The molecule has 2 aromatic rings. The van der Waals surface area contributed by atoms with Crippen LogP contribution in [0.1, 0.15) is 0 Å². The zero-order valence-electron chi connectivity index (χ0n) is 9.39. The van der Waals surface area contributed by atoms with Crippen molar-refractivity contribution < 1.29 is 0 Å². The van der Waals surface area contributed by atoms with E-state index in [1.807, 2.05) is 0 Å². The van der Waals surface area contributed by atoms with Gasteiger partial charge in [0, 0.05) is 26.2 Å². The summed E-state index contributed by atoms with van der Waals surface area (Å²) >= 11 is 6.06. The van der Waals surface area contributed by atoms with E-state index in [0.717, 1.165) is 37.4 Å². The second-order valence-corrected chi connectivity index (χ2v) is 4.05. The molecule has 0 radical (unpaired) electrons. The molecule has 1 aliphatic rings. The lowest BCUT2D eigenvalue weighted by atomic mass is 10.3. The average Bonchev–Trinajstić information content (AvgIpc) is 2.73. The van der Waals surface area contributed by atoms with E-state index in [0.29, 0.717) is 10.8 Å². The third-order valence-electron chi connectivity index (χ3n) is 2.70. The van der Waals surface area contributed by atoms with Crippen molar-refractivity contribution in [1.29, 1.82) is 0 Å². The van der Waals surface area contributed by atoms with Crippen molar-refractivity contribution >= 4 is 53.3 Å². The molecule has 2 aromatic heterocycles. The first-order valence-corrected chi connectivity index (χ1v) is 5.54. The number of piperazine rings is 1. The molecule has 3 rings (SSSR count). The first-order chi connectivity index (χ1) is 7.86. The molecule has 2 N–H and O–H groups in total. The summed E-state index contributed by atoms with van der Waals surface area (Å²) in [5.41, 5.74) is 0.619. The van der Waals surface area contributed by atoms with Gasteiger partial charge in [-0.05, 0) is 0 Å². The Morgan fingerprint density at radius 3 is 2.61 bits per heavy atom. The second kappa shape index (κ2) is 6.38. The number of nitrogens with zero attached hydrogens (tertiary/aromatic N) is 4. The second-order valence-electron chi connectivity index (χ2n) is 3.67. The quantitative estimate of drug-likeness (QED) is 0.830. The highest BCUT2D eigenvalue weighted by Crippen LogP contribution is 2.27. The molecule has 18 heavy (non-hydrogen) atoms. The van der Waals surface area contributed by atoms with Crippen LogP contribution in [0, 0.1) is 0 Å². The summed E-state index contributed by atoms with van der Waals surface area (Å²) < 4.78 is 0. The van der Waals surface area contributed by atoms with Crippen molar-refractivity contribution in [3.8, 4) is 0 Å². The topological polar surface area (TPSA) is 69.7 Å². The standard InChI is InChI=1S/C9H11ClN6.2ClH/c10-7-6-8(15-14-7)12-5-13-9(6)16-3-1-11-2-4-16;;/h5,11H,1-4H2,(H,12,13,14,15);2*1H. The number of halogens is 3. The van der Waals surface area contributed by atoms with Gasteiger partial charge >= 0.3 is 0 Å². The van der Waals surface area contributed by atoms with Crippen LogP contribution in [0.3, 0.4) is 0 Å². The molecule has 0 spiro atoms. The molecule has 1 saturated heterocycles. The van der Waals surface area contributed by atoms with Crippen molar-refractivity contribution in [2.75, 3.05) is 31.1 Å². The number of rotatable bonds is 1. The lowest BCUT2D eigenvalue weighted by Crippen LogP contribution is -2.44. The van der Waals surface area contributed by atoms with Crippen molar-refractivity contribution in [1.82, 2.24) is 25.5 Å². The number of hydrogen-bond acceptors (Lipinski definition) is 5. The maximum absolute atomic E-state index is 6.06. The van der Waals surface area contributed by atoms with Crippen LogP contribution in [0.15, 0.2) is 6.33 Å². The normalized spacial score (nSPS) is 15.1. The lowest BCUT2D eigenvalue weighted by molar-refractivity contribution is 0.586. The number of anilines is 1. The largest absolute Gasteiger partial charge is 0.353 e. The van der Waals surface area contributed by atoms with Gasteiger partial charge in [-0.1, -0.05) is 11.6 Å². The number of aromatic amines is 1. The van der Waals surface area contributed by atoms with Gasteiger partial charge in [-0.3, -0.25) is 5.10 Å². The highest BCUT2D eigenvalue weighted by molar-refractivity contribution is 6.35. The molecule has 9 heteroatoms. The van der Waals surface area contributed by atoms with Crippen LogP contribution in [0.2, 0.25) is 5.15 Å². The number of nitrogens with one attached hydrogen (secondary N) is 2. The number of H-pyrrole nitrogens is 1. The fraction of sp³-hybridized carbons (Fsp3) is 0.444. The average molecular weight is 312 g/mol. The summed E-state index contributed by atoms with van der Waals surface area (Å²) in [7, 11) is 0. The van der Waals surface area contributed by atoms with Crippen LogP contribution in [0.25, 0.3) is 11.0 Å². The van der Waals surface area contributed by atoms with Crippen LogP contribution in [-0.2, 0) is 0 Å². The van der Waals surface area contributed by atoms with Gasteiger partial charge in [-0.2, -0.15) is 5.10 Å². The van der Waals surface area contributed by atoms with Gasteiger partial charge in [0.1, 0.15) is 22.7 Å². The van der Waals surface area contributed by atoms with Gasteiger partial charge < -0.3 is 10.2 Å². The molecule has 0 unspecified atom stereocenters. The van der Waals surface area contributed by atoms with Crippen molar-refractivity contribution in [2.24, 2.45) is 0 Å². The predicted octanol–water partition coefficient (Wildman–Crippen LogP) is 1.26. The Morgan fingerprint density at radius 2 is 1.89 bits per heavy atom. The van der Waals surface area contributed by atoms with E-state index in [2.05, 4.69) is 30.4 Å². The van der Waals surface area contributed by atoms with Crippen molar-refractivity contribution in [3.05, 3.63) is 11.5 Å². The van der Waals surface area contributed by atoms with E-state index in [4.69, 9.17) is 11.6 Å². The summed E-state index contributed by atoms with van der Waals surface area (Å²) in [4.78, 5) is 10.6. The monoisotopic (exact) mass is 310 g/mol. The smallest absolute Gasteiger partial charge is 0.187 e. The van der Waals surface area contributed by atoms with E-state index in [1.54, 1.807) is 0 Å². The molecular weight excluding hydrogens is 299 g/mol. The van der Waals surface area contributed by atoms with E-state index in [1.165, 1.54) is 6.33 Å². The van der Waals surface area contributed by atoms with Crippen LogP contribution in [0.4, 0.5) is 5.82 Å². The molecule has 0 saturated carbocycles. The summed E-state index contributed by atoms with van der Waals surface area (Å²) in [5, 5.41) is 11.4. The molecule has 1 fully saturated rings. The highest BCUT2D eigenvalue weighted by Gasteiger charge is 2.18. The molecule has 1 aliphatic heterocycles. The zero-order valence-corrected chi connectivity index (χ0v) is 11.8. The van der Waals surface area contributed by atoms with Gasteiger partial charge in [0.2, 0.25) is 0 Å². The van der Waals surface area contributed by atoms with Crippen molar-refractivity contribution in [3.63, 3.8) is 0 Å². The third kappa shape index (κ3) is 2.61. The van der Waals surface area contributed by atoms with E-state index in [-0.39, 0.29) is 24.8 Å². The molecule has 0 bridgehead atoms. The van der Waals surface area contributed by atoms with Gasteiger partial charge in [0.05, 0.1) is 0 Å². The first-order valence-electron chi connectivity index (χ1n) is 5.16. The Morgan fingerprint density at radius 1 is 1.17 bits per heavy atom. The minimum atomic E-state index is 0. The Labute approximate surface area is 121 Å². The molecule has 0 aromatic carbocycles. The lowest BCUT2D eigenvalue weighted by Gasteiger charge is -2.28. The summed E-state index contributed by atoms with van der Waals surface area (Å²) in [6.45, 7) is 3.77. The molecule has 3 heterocycles. The molecule has 0 atom stereocenters. The predicted molar refractivity (Wildman–Crippen MR) is 76.3 cm³/mol. The molecule has 0 amide bonds. The number of aromatic nitrogens is 4. The third-order valence-corrected chi connectivity index (χ3v) is 2.98. The molecule has 0 aliphatic carbocycles. The van der Waals surface area contributed by atoms with Gasteiger partial charge in [-0.15, -0.1) is 24.8 Å². The fourth-order valence-corrected chi connectivity index (χ4v) is 2.13. The fourth-order valence-electron chi connectivity index (χ4n) is 1.92. The van der Waals surface area contributed by atoms with Crippen LogP contribution in [0.5, 0.6) is 0 Å². The van der Waals surface area contributed by atoms with Crippen LogP contribution in [-0.4, -0.2) is 46.3 Å². The van der Waals surface area contributed by atoms with Crippen molar-refractivity contribution in [2.45, 2.75) is 0 Å². The van der Waals surface area contributed by atoms with Crippen LogP contribution < -0.4 is 10.2 Å². The summed E-state index contributed by atoms with van der Waals surface area (Å²) in [5.74, 6) is 0.866. The molecule has 100 valence electrons. The highest BCUT2D eigenvalue weighted by atomic mass is 35.5. The van der Waals surface area contributed by atoms with E-state index < -0.39 is 0 Å². The minimum absolute atomic E-state index is 0. The summed E-state index contributed by atoms with van der Waals surface area (Å²) in [6.07, 6.45) is 1.52. The van der Waals surface area contributed by atoms with E-state index in [9.17, 15) is 0 Å². The Hall–Kier alpha value is -0.820. The minimum Gasteiger partial charge on any atom is -0.353 e. The SMILES string of the molecule is Cl.Cl.Clc1[nH]nc2ncnc(N3CCNCC3)c12. The zero-order chi connectivity index (χ0) is 11.0. The summed E-state index contributed by atoms with van der Waals surface area (Å²) in [6, 6.07) is 0. The number of hydrogen-bond donors (Lipinski definition) is 2. The molecule has 6 nitrogen and oxygen atoms in total. The van der Waals surface area contributed by atoms with Gasteiger partial charge in [-0.25, -0.2) is 9.97 Å². The van der Waals surface area contributed by atoms with Gasteiger partial charge in [0.25, 0.3) is 0 Å². The van der Waals surface area contributed by atoms with E-state index >= 15 is 0 Å². The Bertz CT molecular complexity index is 510. The number of fused-ring (bicyclic) bond motifs is 1.